The summed E-state index contributed by atoms with van der Waals surface area (Å²) < 4.78 is 0.862. The quantitative estimate of drug-likeness (QED) is 0.525. The van der Waals surface area contributed by atoms with E-state index in [-0.39, 0.29) is 11.4 Å². The molecule has 3 heteroatoms. The molecule has 1 atom stereocenters. The standard InChI is InChI=1S/C19H20INO/c1-2-3-13-21-18(22)16-11-7-8-12-17(16)19(21,14-20)15-9-5-4-6-10-15/h4-12H,2-3,13-14H2,1H3. The van der Waals surface area contributed by atoms with Crippen LogP contribution in [0.2, 0.25) is 0 Å². The fourth-order valence-electron chi connectivity index (χ4n) is 3.35. The number of hydrogen-bond donors (Lipinski definition) is 0. The van der Waals surface area contributed by atoms with Crippen molar-refractivity contribution in [2.45, 2.75) is 25.3 Å². The SMILES string of the molecule is CCCCN1C(=O)c2ccccc2C1(CI)c1ccccc1. The largest absolute Gasteiger partial charge is 0.324 e. The van der Waals surface area contributed by atoms with Gasteiger partial charge in [-0.1, -0.05) is 84.5 Å². The van der Waals surface area contributed by atoms with Gasteiger partial charge in [0.25, 0.3) is 5.91 Å². The summed E-state index contributed by atoms with van der Waals surface area (Å²) in [5, 5.41) is 0. The van der Waals surface area contributed by atoms with Crippen molar-refractivity contribution in [3.63, 3.8) is 0 Å². The van der Waals surface area contributed by atoms with Gasteiger partial charge in [0.05, 0.1) is 0 Å². The monoisotopic (exact) mass is 405 g/mol. The zero-order chi connectivity index (χ0) is 15.6. The lowest BCUT2D eigenvalue weighted by atomic mass is 9.84. The number of hydrogen-bond acceptors (Lipinski definition) is 1. The van der Waals surface area contributed by atoms with Gasteiger partial charge < -0.3 is 4.90 Å². The molecule has 3 rings (SSSR count). The summed E-state index contributed by atoms with van der Waals surface area (Å²) in [6, 6.07) is 18.5. The lowest BCUT2D eigenvalue weighted by Gasteiger charge is -2.38. The highest BCUT2D eigenvalue weighted by Crippen LogP contribution is 2.45. The van der Waals surface area contributed by atoms with Gasteiger partial charge in [0.2, 0.25) is 0 Å². The van der Waals surface area contributed by atoms with Crippen LogP contribution in [0.5, 0.6) is 0 Å². The number of carbonyl (C=O) groups is 1. The molecule has 114 valence electrons. The molecule has 0 aromatic heterocycles. The first-order chi connectivity index (χ1) is 10.8. The first-order valence-electron chi connectivity index (χ1n) is 7.78. The third-order valence-electron chi connectivity index (χ3n) is 4.49. The Morgan fingerprint density at radius 1 is 1.05 bits per heavy atom. The molecule has 0 aliphatic carbocycles. The van der Waals surface area contributed by atoms with Gasteiger partial charge in [-0.2, -0.15) is 0 Å². The summed E-state index contributed by atoms with van der Waals surface area (Å²) in [7, 11) is 0. The predicted octanol–water partition coefficient (Wildman–Crippen LogP) is 4.62. The van der Waals surface area contributed by atoms with Crippen LogP contribution in [0.25, 0.3) is 0 Å². The number of rotatable bonds is 5. The van der Waals surface area contributed by atoms with Gasteiger partial charge in [-0.15, -0.1) is 0 Å². The van der Waals surface area contributed by atoms with Gasteiger partial charge in [-0.25, -0.2) is 0 Å². The highest BCUT2D eigenvalue weighted by Gasteiger charge is 2.49. The second-order valence-electron chi connectivity index (χ2n) is 5.72. The van der Waals surface area contributed by atoms with Crippen molar-refractivity contribution in [1.82, 2.24) is 4.90 Å². The average Bonchev–Trinajstić information content (AvgIpc) is 2.83. The average molecular weight is 405 g/mol. The number of alkyl halides is 1. The Balaban J connectivity index is 2.20. The third-order valence-corrected chi connectivity index (χ3v) is 5.59. The molecule has 0 bridgehead atoms. The molecule has 0 saturated heterocycles. The van der Waals surface area contributed by atoms with Crippen LogP contribution in [-0.4, -0.2) is 21.8 Å². The van der Waals surface area contributed by atoms with Crippen molar-refractivity contribution in [2.75, 3.05) is 11.0 Å². The minimum atomic E-state index is -0.329. The van der Waals surface area contributed by atoms with Gasteiger partial charge in [0, 0.05) is 16.5 Å². The van der Waals surface area contributed by atoms with Crippen LogP contribution in [0.15, 0.2) is 54.6 Å². The number of amides is 1. The Morgan fingerprint density at radius 3 is 2.41 bits per heavy atom. The molecule has 0 N–H and O–H groups in total. The molecule has 1 aliphatic heterocycles. The molecule has 1 heterocycles. The summed E-state index contributed by atoms with van der Waals surface area (Å²) in [4.78, 5) is 15.1. The van der Waals surface area contributed by atoms with E-state index in [1.807, 2.05) is 24.3 Å². The number of benzene rings is 2. The Labute approximate surface area is 145 Å². The highest BCUT2D eigenvalue weighted by atomic mass is 127. The zero-order valence-corrected chi connectivity index (χ0v) is 14.9. The van der Waals surface area contributed by atoms with Gasteiger partial charge in [-0.3, -0.25) is 4.79 Å². The highest BCUT2D eigenvalue weighted by molar-refractivity contribution is 14.1. The predicted molar refractivity (Wildman–Crippen MR) is 98.5 cm³/mol. The van der Waals surface area contributed by atoms with Crippen LogP contribution >= 0.6 is 22.6 Å². The van der Waals surface area contributed by atoms with Crippen molar-refractivity contribution in [3.8, 4) is 0 Å². The smallest absolute Gasteiger partial charge is 0.255 e. The first-order valence-corrected chi connectivity index (χ1v) is 9.31. The van der Waals surface area contributed by atoms with E-state index in [2.05, 4.69) is 64.7 Å². The minimum absolute atomic E-state index is 0.171. The maximum Gasteiger partial charge on any atom is 0.255 e. The molecular formula is C19H20INO. The summed E-state index contributed by atoms with van der Waals surface area (Å²) in [6.07, 6.45) is 2.12. The lowest BCUT2D eigenvalue weighted by Crippen LogP contribution is -2.46. The summed E-state index contributed by atoms with van der Waals surface area (Å²) in [5.74, 6) is 0.171. The van der Waals surface area contributed by atoms with Crippen LogP contribution in [-0.2, 0) is 5.54 Å². The normalized spacial score (nSPS) is 20.3. The summed E-state index contributed by atoms with van der Waals surface area (Å²) in [6.45, 7) is 2.98. The molecule has 1 amide bonds. The Hall–Kier alpha value is -1.36. The van der Waals surface area contributed by atoms with Crippen LogP contribution in [0.4, 0.5) is 0 Å². The minimum Gasteiger partial charge on any atom is -0.324 e. The first kappa shape index (κ1) is 15.5. The van der Waals surface area contributed by atoms with Crippen LogP contribution in [0.1, 0.15) is 41.3 Å². The van der Waals surface area contributed by atoms with E-state index >= 15 is 0 Å². The maximum absolute atomic E-state index is 13.0. The topological polar surface area (TPSA) is 20.3 Å². The Bertz CT molecular complexity index is 670. The van der Waals surface area contributed by atoms with E-state index in [4.69, 9.17) is 0 Å². The van der Waals surface area contributed by atoms with Gasteiger partial charge in [-0.05, 0) is 23.6 Å². The van der Waals surface area contributed by atoms with Crippen LogP contribution < -0.4 is 0 Å². The number of nitrogens with zero attached hydrogens (tertiary/aromatic N) is 1. The Kier molecular flexibility index (Phi) is 4.52. The van der Waals surface area contributed by atoms with E-state index in [0.29, 0.717) is 0 Å². The van der Waals surface area contributed by atoms with Crippen molar-refractivity contribution in [3.05, 3.63) is 71.3 Å². The van der Waals surface area contributed by atoms with E-state index in [1.165, 1.54) is 5.56 Å². The number of carbonyl (C=O) groups excluding carboxylic acids is 1. The van der Waals surface area contributed by atoms with Gasteiger partial charge in [0.1, 0.15) is 5.54 Å². The Morgan fingerprint density at radius 2 is 1.73 bits per heavy atom. The second-order valence-corrected chi connectivity index (χ2v) is 6.48. The fraction of sp³-hybridized carbons (Fsp3) is 0.316. The number of fused-ring (bicyclic) bond motifs is 1. The molecule has 2 aromatic carbocycles. The zero-order valence-electron chi connectivity index (χ0n) is 12.8. The number of unbranched alkanes of at least 4 members (excludes halogenated alkanes) is 1. The molecular weight excluding hydrogens is 385 g/mol. The lowest BCUT2D eigenvalue weighted by molar-refractivity contribution is 0.0657. The third kappa shape index (κ3) is 2.26. The van der Waals surface area contributed by atoms with Crippen LogP contribution in [0, 0.1) is 0 Å². The molecule has 1 aliphatic rings. The molecule has 22 heavy (non-hydrogen) atoms. The van der Waals surface area contributed by atoms with Crippen LogP contribution in [0.3, 0.4) is 0 Å². The van der Waals surface area contributed by atoms with E-state index in [9.17, 15) is 4.79 Å². The molecule has 0 radical (unpaired) electrons. The van der Waals surface area contributed by atoms with Crippen molar-refractivity contribution < 1.29 is 4.79 Å². The molecule has 2 nitrogen and oxygen atoms in total. The summed E-state index contributed by atoms with van der Waals surface area (Å²) in [5.41, 5.74) is 2.89. The van der Waals surface area contributed by atoms with Gasteiger partial charge >= 0.3 is 0 Å². The molecule has 0 spiro atoms. The molecule has 2 aromatic rings. The molecule has 0 fully saturated rings. The molecule has 0 saturated carbocycles. The second kappa shape index (κ2) is 6.41. The van der Waals surface area contributed by atoms with E-state index in [0.717, 1.165) is 34.9 Å². The van der Waals surface area contributed by atoms with Crippen molar-refractivity contribution in [2.24, 2.45) is 0 Å². The summed E-state index contributed by atoms with van der Waals surface area (Å²) >= 11 is 2.43. The van der Waals surface area contributed by atoms with E-state index in [1.54, 1.807) is 0 Å². The van der Waals surface area contributed by atoms with Gasteiger partial charge in [0.15, 0.2) is 0 Å². The molecule has 1 unspecified atom stereocenters. The van der Waals surface area contributed by atoms with E-state index < -0.39 is 0 Å². The fourth-order valence-corrected chi connectivity index (χ4v) is 4.61. The maximum atomic E-state index is 13.0. The number of halogens is 1. The van der Waals surface area contributed by atoms with Crippen molar-refractivity contribution >= 4 is 28.5 Å². The van der Waals surface area contributed by atoms with Crippen molar-refractivity contribution in [1.29, 1.82) is 0 Å².